The lowest BCUT2D eigenvalue weighted by atomic mass is 10.1. The second kappa shape index (κ2) is 12.3. The van der Waals surface area contributed by atoms with E-state index >= 15 is 0 Å². The van der Waals surface area contributed by atoms with Gasteiger partial charge in [0.15, 0.2) is 0 Å². The first kappa shape index (κ1) is 30.0. The number of hydrogen-bond acceptors (Lipinski definition) is 7. The van der Waals surface area contributed by atoms with Gasteiger partial charge in [-0.1, -0.05) is 25.7 Å². The van der Waals surface area contributed by atoms with Gasteiger partial charge in [0.05, 0.1) is 42.0 Å². The van der Waals surface area contributed by atoms with E-state index < -0.39 is 24.2 Å². The maximum absolute atomic E-state index is 13.3. The molecule has 1 heterocycles. The van der Waals surface area contributed by atoms with Crippen LogP contribution in [0.2, 0.25) is 25.7 Å². The van der Waals surface area contributed by atoms with Gasteiger partial charge in [0, 0.05) is 26.0 Å². The summed E-state index contributed by atoms with van der Waals surface area (Å²) in [7, 11) is -1.22. The van der Waals surface area contributed by atoms with Crippen molar-refractivity contribution in [2.45, 2.75) is 121 Å². The Kier molecular flexibility index (Phi) is 9.68. The highest BCUT2D eigenvalue weighted by molar-refractivity contribution is 7.90. The molecule has 0 unspecified atom stereocenters. The number of nitrogens with zero attached hydrogens (tertiary/aromatic N) is 2. The van der Waals surface area contributed by atoms with E-state index in [1.807, 2.05) is 27.7 Å². The summed E-state index contributed by atoms with van der Waals surface area (Å²) >= 11 is -1.30. The molecule has 4 atom stereocenters. The Labute approximate surface area is 232 Å². The van der Waals surface area contributed by atoms with Crippen LogP contribution < -0.4 is 10.5 Å². The molecular formula is C28H48N4O4SSi. The first-order valence-corrected chi connectivity index (χ1v) is 19.0. The van der Waals surface area contributed by atoms with Crippen molar-refractivity contribution >= 4 is 30.5 Å². The number of benzene rings is 1. The second-order valence-corrected chi connectivity index (χ2v) is 20.8. The van der Waals surface area contributed by atoms with Crippen LogP contribution in [-0.2, 0) is 32.3 Å². The van der Waals surface area contributed by atoms with Crippen molar-refractivity contribution in [3.8, 4) is 0 Å². The molecule has 0 aliphatic heterocycles. The summed E-state index contributed by atoms with van der Waals surface area (Å²) in [5.74, 6) is 0.777. The van der Waals surface area contributed by atoms with Crippen molar-refractivity contribution in [3.63, 3.8) is 0 Å². The quantitative estimate of drug-likeness (QED) is 0.174. The van der Waals surface area contributed by atoms with Crippen LogP contribution in [0.15, 0.2) is 18.2 Å². The SMILES string of the molecule is C[C@@H](OC1CC1)[C@H](N[S@+]([O-])C(C)(C)C)c1nc2cc([C@H](N)COC3CC3)ccc2n1COCC[Si](C)(C)C. The average molecular weight is 565 g/mol. The van der Waals surface area contributed by atoms with Crippen LogP contribution in [0.5, 0.6) is 0 Å². The molecule has 2 fully saturated rings. The van der Waals surface area contributed by atoms with Crippen molar-refractivity contribution in [2.75, 3.05) is 13.2 Å². The first-order chi connectivity index (χ1) is 17.8. The molecule has 2 saturated carbocycles. The fourth-order valence-electron chi connectivity index (χ4n) is 4.11. The number of ether oxygens (including phenoxy) is 3. The van der Waals surface area contributed by atoms with Crippen molar-refractivity contribution in [3.05, 3.63) is 29.6 Å². The number of aromatic nitrogens is 2. The van der Waals surface area contributed by atoms with Gasteiger partial charge in [-0.05, 0) is 77.1 Å². The van der Waals surface area contributed by atoms with Gasteiger partial charge < -0.3 is 29.1 Å². The lowest BCUT2D eigenvalue weighted by Crippen LogP contribution is -2.45. The summed E-state index contributed by atoms with van der Waals surface area (Å²) in [5.41, 5.74) is 9.29. The second-order valence-electron chi connectivity index (χ2n) is 13.2. The molecule has 8 nitrogen and oxygen atoms in total. The van der Waals surface area contributed by atoms with E-state index in [0.29, 0.717) is 26.0 Å². The van der Waals surface area contributed by atoms with E-state index in [-0.39, 0.29) is 24.3 Å². The van der Waals surface area contributed by atoms with Gasteiger partial charge in [-0.3, -0.25) is 0 Å². The van der Waals surface area contributed by atoms with Gasteiger partial charge in [-0.15, -0.1) is 4.72 Å². The molecule has 0 spiro atoms. The maximum atomic E-state index is 13.3. The van der Waals surface area contributed by atoms with Gasteiger partial charge in [0.25, 0.3) is 0 Å². The summed E-state index contributed by atoms with van der Waals surface area (Å²) in [4.78, 5) is 5.09. The van der Waals surface area contributed by atoms with Crippen LogP contribution >= 0.6 is 0 Å². The van der Waals surface area contributed by atoms with Crippen LogP contribution in [0.1, 0.15) is 76.8 Å². The minimum Gasteiger partial charge on any atom is -0.598 e. The van der Waals surface area contributed by atoms with Gasteiger partial charge in [-0.25, -0.2) is 4.98 Å². The number of nitrogens with one attached hydrogen (secondary N) is 1. The summed E-state index contributed by atoms with van der Waals surface area (Å²) in [6.07, 6.45) is 4.82. The fourth-order valence-corrected chi connectivity index (χ4v) is 5.75. The Hall–Kier alpha value is -0.983. The number of imidazole rings is 1. The molecule has 0 amide bonds. The summed E-state index contributed by atoms with van der Waals surface area (Å²) < 4.78 is 36.7. The Morgan fingerprint density at radius 1 is 1.18 bits per heavy atom. The smallest absolute Gasteiger partial charge is 0.136 e. The third-order valence-electron chi connectivity index (χ3n) is 6.95. The van der Waals surface area contributed by atoms with Crippen LogP contribution in [-0.4, -0.2) is 58.5 Å². The maximum Gasteiger partial charge on any atom is 0.136 e. The molecule has 2 aliphatic carbocycles. The Morgan fingerprint density at radius 3 is 2.47 bits per heavy atom. The lowest BCUT2D eigenvalue weighted by Gasteiger charge is -2.31. The van der Waals surface area contributed by atoms with E-state index in [2.05, 4.69) is 47.1 Å². The summed E-state index contributed by atoms with van der Waals surface area (Å²) in [5, 5.41) is 0. The molecule has 0 saturated heterocycles. The molecule has 1 aromatic heterocycles. The Bertz CT molecular complexity index is 1060. The predicted octanol–water partition coefficient (Wildman–Crippen LogP) is 5.19. The Morgan fingerprint density at radius 2 is 1.87 bits per heavy atom. The van der Waals surface area contributed by atoms with Gasteiger partial charge >= 0.3 is 0 Å². The normalized spacial score (nSPS) is 20.0. The third-order valence-corrected chi connectivity index (χ3v) is 10.2. The monoisotopic (exact) mass is 564 g/mol. The minimum absolute atomic E-state index is 0.207. The standard InChI is InChI=1S/C28H48N4O4SSi/c1-19(36-22-11-12-22)26(31-37(33)28(2,3)4)27-30-24-16-20(23(29)17-35-21-9-10-21)8-13-25(24)32(27)18-34-14-15-38(5,6)7/h8,13,16,19,21-23,26,31H,9-12,14-15,17-18,29H2,1-7H3/t19-,23-,26+,37-/m1/s1. The molecule has 4 rings (SSSR count). The van der Waals surface area contributed by atoms with E-state index in [4.69, 9.17) is 24.9 Å². The van der Waals surface area contributed by atoms with Gasteiger partial charge in [0.1, 0.15) is 23.3 Å². The largest absolute Gasteiger partial charge is 0.598 e. The first-order valence-electron chi connectivity index (χ1n) is 14.1. The molecule has 2 aliphatic rings. The number of fused-ring (bicyclic) bond motifs is 1. The average Bonchev–Trinajstić information content (AvgIpc) is 3.76. The lowest BCUT2D eigenvalue weighted by molar-refractivity contribution is 0.0254. The highest BCUT2D eigenvalue weighted by atomic mass is 32.2. The fraction of sp³-hybridized carbons (Fsp3) is 0.750. The summed E-state index contributed by atoms with van der Waals surface area (Å²) in [6.45, 7) is 16.6. The molecule has 10 heteroatoms. The molecule has 1 aromatic carbocycles. The zero-order chi connectivity index (χ0) is 27.7. The zero-order valence-corrected chi connectivity index (χ0v) is 26.1. The minimum atomic E-state index is -1.30. The molecule has 214 valence electrons. The van der Waals surface area contributed by atoms with E-state index in [1.54, 1.807) is 0 Å². The Balaban J connectivity index is 1.65. The van der Waals surface area contributed by atoms with Crippen LogP contribution in [0.4, 0.5) is 0 Å². The van der Waals surface area contributed by atoms with Gasteiger partial charge in [-0.2, -0.15) is 0 Å². The van der Waals surface area contributed by atoms with Crippen LogP contribution in [0.25, 0.3) is 11.0 Å². The molecule has 38 heavy (non-hydrogen) atoms. The topological polar surface area (TPSA) is 107 Å². The highest BCUT2D eigenvalue weighted by Gasteiger charge is 2.38. The third kappa shape index (κ3) is 8.51. The molecular weight excluding hydrogens is 516 g/mol. The van der Waals surface area contributed by atoms with E-state index in [9.17, 15) is 4.55 Å². The van der Waals surface area contributed by atoms with Crippen LogP contribution in [0, 0.1) is 0 Å². The van der Waals surface area contributed by atoms with Crippen LogP contribution in [0.3, 0.4) is 0 Å². The van der Waals surface area contributed by atoms with Crippen molar-refractivity contribution in [1.82, 2.24) is 14.3 Å². The summed E-state index contributed by atoms with van der Waals surface area (Å²) in [6, 6.07) is 6.71. The van der Waals surface area contributed by atoms with Crippen molar-refractivity contribution in [1.29, 1.82) is 0 Å². The van der Waals surface area contributed by atoms with Gasteiger partial charge in [0.2, 0.25) is 0 Å². The molecule has 0 bridgehead atoms. The molecule has 2 aromatic rings. The van der Waals surface area contributed by atoms with E-state index in [1.165, 1.54) is 0 Å². The van der Waals surface area contributed by atoms with Crippen molar-refractivity contribution in [2.24, 2.45) is 5.73 Å². The molecule has 3 N–H and O–H groups in total. The number of rotatable bonds is 15. The zero-order valence-electron chi connectivity index (χ0n) is 24.3. The predicted molar refractivity (Wildman–Crippen MR) is 157 cm³/mol. The number of hydrogen-bond donors (Lipinski definition) is 2. The van der Waals surface area contributed by atoms with Crippen molar-refractivity contribution < 1.29 is 18.8 Å². The highest BCUT2D eigenvalue weighted by Crippen LogP contribution is 2.33. The number of nitrogens with two attached hydrogens (primary N) is 1. The molecule has 0 radical (unpaired) electrons. The van der Waals surface area contributed by atoms with E-state index in [0.717, 1.165) is 54.1 Å².